The van der Waals surface area contributed by atoms with Gasteiger partial charge in [0.1, 0.15) is 17.7 Å². The monoisotopic (exact) mass is 296 g/mol. The summed E-state index contributed by atoms with van der Waals surface area (Å²) in [5, 5.41) is 3.12. The highest BCUT2D eigenvalue weighted by molar-refractivity contribution is 6.33. The molecule has 0 saturated heterocycles. The standard InChI is InChI=1S/C14H11ClF2N2O/c15-10-3-1-2-4-12(10)19-13(14(18)20)9-6-5-8(16)7-11(9)17/h1-7,13,19H,(H2,18,20). The zero-order valence-corrected chi connectivity index (χ0v) is 11.0. The molecular formula is C14H11ClF2N2O. The van der Waals surface area contributed by atoms with E-state index >= 15 is 0 Å². The summed E-state index contributed by atoms with van der Waals surface area (Å²) in [6, 6.07) is 8.43. The second-order valence-corrected chi connectivity index (χ2v) is 4.53. The molecule has 2 aromatic carbocycles. The average Bonchev–Trinajstić information content (AvgIpc) is 2.38. The Hall–Kier alpha value is -2.14. The van der Waals surface area contributed by atoms with E-state index in [-0.39, 0.29) is 5.56 Å². The van der Waals surface area contributed by atoms with Crippen LogP contribution in [-0.2, 0) is 4.79 Å². The van der Waals surface area contributed by atoms with Crippen LogP contribution in [0.25, 0.3) is 0 Å². The molecule has 0 spiro atoms. The number of primary amides is 1. The van der Waals surface area contributed by atoms with E-state index in [1.165, 1.54) is 6.07 Å². The molecule has 6 heteroatoms. The summed E-state index contributed by atoms with van der Waals surface area (Å²) in [6.45, 7) is 0. The third-order valence-corrected chi connectivity index (χ3v) is 3.06. The van der Waals surface area contributed by atoms with E-state index in [1.54, 1.807) is 24.3 Å². The predicted octanol–water partition coefficient (Wildman–Crippen LogP) is 3.26. The number of carbonyl (C=O) groups is 1. The van der Waals surface area contributed by atoms with Crippen LogP contribution in [-0.4, -0.2) is 5.91 Å². The van der Waals surface area contributed by atoms with Gasteiger partial charge < -0.3 is 11.1 Å². The fraction of sp³-hybridized carbons (Fsp3) is 0.0714. The minimum absolute atomic E-state index is 0.0428. The van der Waals surface area contributed by atoms with Crippen LogP contribution in [0.15, 0.2) is 42.5 Å². The fourth-order valence-electron chi connectivity index (χ4n) is 1.77. The van der Waals surface area contributed by atoms with Gasteiger partial charge in [-0.15, -0.1) is 0 Å². The van der Waals surface area contributed by atoms with Crippen LogP contribution < -0.4 is 11.1 Å². The molecule has 104 valence electrons. The van der Waals surface area contributed by atoms with Crippen molar-refractivity contribution in [2.75, 3.05) is 5.32 Å². The van der Waals surface area contributed by atoms with Crippen LogP contribution in [0.4, 0.5) is 14.5 Å². The number of hydrogen-bond acceptors (Lipinski definition) is 2. The van der Waals surface area contributed by atoms with Crippen LogP contribution in [0.1, 0.15) is 11.6 Å². The van der Waals surface area contributed by atoms with Crippen molar-refractivity contribution in [3.05, 3.63) is 64.7 Å². The molecule has 1 atom stereocenters. The van der Waals surface area contributed by atoms with Gasteiger partial charge in [-0.2, -0.15) is 0 Å². The number of nitrogens with two attached hydrogens (primary N) is 1. The highest BCUT2D eigenvalue weighted by Crippen LogP contribution is 2.27. The Bertz CT molecular complexity index is 649. The summed E-state index contributed by atoms with van der Waals surface area (Å²) < 4.78 is 26.6. The van der Waals surface area contributed by atoms with Crippen molar-refractivity contribution in [2.24, 2.45) is 5.73 Å². The number of carbonyl (C=O) groups excluding carboxylic acids is 1. The third-order valence-electron chi connectivity index (χ3n) is 2.73. The van der Waals surface area contributed by atoms with Crippen molar-refractivity contribution in [1.82, 2.24) is 0 Å². The van der Waals surface area contributed by atoms with Crippen LogP contribution in [0.3, 0.4) is 0 Å². The number of anilines is 1. The van der Waals surface area contributed by atoms with Gasteiger partial charge in [0.2, 0.25) is 5.91 Å². The van der Waals surface area contributed by atoms with Crippen LogP contribution in [0, 0.1) is 11.6 Å². The molecule has 0 bridgehead atoms. The molecule has 3 nitrogen and oxygen atoms in total. The largest absolute Gasteiger partial charge is 0.369 e. The predicted molar refractivity (Wildman–Crippen MR) is 73.4 cm³/mol. The van der Waals surface area contributed by atoms with Crippen molar-refractivity contribution in [3.8, 4) is 0 Å². The Kier molecular flexibility index (Phi) is 4.20. The highest BCUT2D eigenvalue weighted by atomic mass is 35.5. The SMILES string of the molecule is NC(=O)C(Nc1ccccc1Cl)c1ccc(F)cc1F. The molecule has 1 amide bonds. The van der Waals surface area contributed by atoms with Crippen molar-refractivity contribution in [2.45, 2.75) is 6.04 Å². The third kappa shape index (κ3) is 3.05. The lowest BCUT2D eigenvalue weighted by molar-refractivity contribution is -0.118. The van der Waals surface area contributed by atoms with Crippen molar-refractivity contribution < 1.29 is 13.6 Å². The van der Waals surface area contributed by atoms with Gasteiger partial charge in [-0.05, 0) is 18.2 Å². The Morgan fingerprint density at radius 2 is 1.90 bits per heavy atom. The van der Waals surface area contributed by atoms with Crippen LogP contribution in [0.2, 0.25) is 5.02 Å². The molecule has 20 heavy (non-hydrogen) atoms. The minimum Gasteiger partial charge on any atom is -0.369 e. The summed E-state index contributed by atoms with van der Waals surface area (Å²) in [4.78, 5) is 11.5. The molecule has 0 saturated carbocycles. The summed E-state index contributed by atoms with van der Waals surface area (Å²) in [7, 11) is 0. The summed E-state index contributed by atoms with van der Waals surface area (Å²) >= 11 is 5.96. The first-order valence-corrected chi connectivity index (χ1v) is 6.12. The van der Waals surface area contributed by atoms with Crippen LogP contribution >= 0.6 is 11.6 Å². The van der Waals surface area contributed by atoms with E-state index in [9.17, 15) is 13.6 Å². The van der Waals surface area contributed by atoms with Crippen molar-refractivity contribution >= 4 is 23.2 Å². The molecule has 0 aromatic heterocycles. The molecule has 3 N–H and O–H groups in total. The van der Waals surface area contributed by atoms with Gasteiger partial charge in [-0.1, -0.05) is 29.8 Å². The molecule has 0 aliphatic rings. The number of benzene rings is 2. The zero-order valence-electron chi connectivity index (χ0n) is 10.2. The highest BCUT2D eigenvalue weighted by Gasteiger charge is 2.22. The molecule has 2 rings (SSSR count). The van der Waals surface area contributed by atoms with Gasteiger partial charge in [0.15, 0.2) is 0 Å². The van der Waals surface area contributed by atoms with Gasteiger partial charge >= 0.3 is 0 Å². The molecule has 0 fully saturated rings. The van der Waals surface area contributed by atoms with Crippen LogP contribution in [0.5, 0.6) is 0 Å². The first kappa shape index (κ1) is 14.3. The van der Waals surface area contributed by atoms with Gasteiger partial charge in [0.05, 0.1) is 10.7 Å². The normalized spacial score (nSPS) is 11.9. The number of halogens is 3. The lowest BCUT2D eigenvalue weighted by Gasteiger charge is -2.18. The number of hydrogen-bond donors (Lipinski definition) is 2. The maximum Gasteiger partial charge on any atom is 0.244 e. The Balaban J connectivity index is 2.37. The first-order valence-electron chi connectivity index (χ1n) is 5.74. The zero-order chi connectivity index (χ0) is 14.7. The van der Waals surface area contributed by atoms with Crippen molar-refractivity contribution in [3.63, 3.8) is 0 Å². The van der Waals surface area contributed by atoms with E-state index in [4.69, 9.17) is 17.3 Å². The second kappa shape index (κ2) is 5.88. The maximum atomic E-state index is 13.7. The maximum absolute atomic E-state index is 13.7. The van der Waals surface area contributed by atoms with Crippen molar-refractivity contribution in [1.29, 1.82) is 0 Å². The molecule has 2 aromatic rings. The topological polar surface area (TPSA) is 55.1 Å². The number of para-hydroxylation sites is 1. The van der Waals surface area contributed by atoms with Gasteiger partial charge in [-0.3, -0.25) is 4.79 Å². The van der Waals surface area contributed by atoms with E-state index < -0.39 is 23.6 Å². The molecule has 0 aliphatic carbocycles. The van der Waals surface area contributed by atoms with Gasteiger partial charge in [-0.25, -0.2) is 8.78 Å². The number of rotatable bonds is 4. The number of nitrogens with one attached hydrogen (secondary N) is 1. The summed E-state index contributed by atoms with van der Waals surface area (Å²) in [5.41, 5.74) is 5.66. The van der Waals surface area contributed by atoms with E-state index in [1.807, 2.05) is 0 Å². The Labute approximate surface area is 119 Å². The first-order chi connectivity index (χ1) is 9.49. The quantitative estimate of drug-likeness (QED) is 0.910. The molecule has 0 heterocycles. The molecule has 1 unspecified atom stereocenters. The Morgan fingerprint density at radius 3 is 2.50 bits per heavy atom. The lowest BCUT2D eigenvalue weighted by Crippen LogP contribution is -2.28. The van der Waals surface area contributed by atoms with Gasteiger partial charge in [0.25, 0.3) is 0 Å². The summed E-state index contributed by atoms with van der Waals surface area (Å²) in [5.74, 6) is -2.38. The molecule has 0 radical (unpaired) electrons. The van der Waals surface area contributed by atoms with Gasteiger partial charge in [0, 0.05) is 11.6 Å². The van der Waals surface area contributed by atoms with E-state index in [0.717, 1.165) is 6.07 Å². The molecular weight excluding hydrogens is 286 g/mol. The van der Waals surface area contributed by atoms with E-state index in [0.29, 0.717) is 16.8 Å². The fourth-order valence-corrected chi connectivity index (χ4v) is 1.96. The average molecular weight is 297 g/mol. The smallest absolute Gasteiger partial charge is 0.244 e. The second-order valence-electron chi connectivity index (χ2n) is 4.13. The van der Waals surface area contributed by atoms with E-state index in [2.05, 4.69) is 5.32 Å². The molecule has 0 aliphatic heterocycles. The summed E-state index contributed by atoms with van der Waals surface area (Å²) in [6.07, 6.45) is 0. The number of amides is 1. The Morgan fingerprint density at radius 1 is 1.20 bits per heavy atom. The minimum atomic E-state index is -1.14. The lowest BCUT2D eigenvalue weighted by atomic mass is 10.0.